The van der Waals surface area contributed by atoms with Gasteiger partial charge in [0.2, 0.25) is 11.8 Å². The molecule has 0 radical (unpaired) electrons. The maximum absolute atomic E-state index is 6.26. The Kier molecular flexibility index (Phi) is 6.86. The Hall–Kier alpha value is -7.04. The Balaban J connectivity index is 0.986. The average molecular weight is 707 g/mol. The summed E-state index contributed by atoms with van der Waals surface area (Å²) in [6.45, 7) is 4.73. The molecular weight excluding hydrogens is 673 g/mol. The van der Waals surface area contributed by atoms with E-state index in [2.05, 4.69) is 129 Å². The molecule has 0 bridgehead atoms. The second-order valence-electron chi connectivity index (χ2n) is 15.0. The molecule has 0 atom stereocenters. The summed E-state index contributed by atoms with van der Waals surface area (Å²) in [5.41, 5.74) is 17.0. The van der Waals surface area contributed by atoms with Crippen LogP contribution in [-0.2, 0) is 5.41 Å². The third-order valence-corrected chi connectivity index (χ3v) is 11.3. The van der Waals surface area contributed by atoms with Gasteiger partial charge in [0.05, 0.1) is 0 Å². The van der Waals surface area contributed by atoms with Crippen molar-refractivity contribution in [2.75, 3.05) is 0 Å². The Morgan fingerprint density at radius 1 is 0.400 bits per heavy atom. The highest BCUT2D eigenvalue weighted by Gasteiger charge is 2.37. The fourth-order valence-electron chi connectivity index (χ4n) is 8.57. The van der Waals surface area contributed by atoms with Gasteiger partial charge in [0.1, 0.15) is 11.0 Å². The van der Waals surface area contributed by atoms with Crippen molar-refractivity contribution in [3.05, 3.63) is 181 Å². The first-order valence-electron chi connectivity index (χ1n) is 18.7. The molecule has 0 saturated carbocycles. The van der Waals surface area contributed by atoms with Crippen LogP contribution in [0.4, 0.5) is 0 Å². The normalized spacial score (nSPS) is 13.1. The molecule has 0 amide bonds. The fraction of sp³-hybridized carbons (Fsp3) is 0.0588. The molecule has 0 aliphatic heterocycles. The lowest BCUT2D eigenvalue weighted by atomic mass is 9.79. The van der Waals surface area contributed by atoms with Crippen molar-refractivity contribution >= 4 is 33.0 Å². The quantitative estimate of drug-likeness (QED) is 0.179. The summed E-state index contributed by atoms with van der Waals surface area (Å²) in [5, 5.41) is 2.63. The van der Waals surface area contributed by atoms with Crippen LogP contribution in [0.25, 0.3) is 100 Å². The molecule has 1 aliphatic carbocycles. The van der Waals surface area contributed by atoms with Gasteiger partial charge < -0.3 is 8.83 Å². The Labute approximate surface area is 318 Å². The Morgan fingerprint density at radius 2 is 0.891 bits per heavy atom. The Bertz CT molecular complexity index is 2990. The van der Waals surface area contributed by atoms with Crippen molar-refractivity contribution < 1.29 is 8.83 Å². The molecule has 2 aromatic heterocycles. The molecule has 0 fully saturated rings. The number of oxazole rings is 2. The molecule has 4 nitrogen and oxygen atoms in total. The molecule has 0 spiro atoms. The van der Waals surface area contributed by atoms with Crippen LogP contribution in [0.5, 0.6) is 0 Å². The van der Waals surface area contributed by atoms with Gasteiger partial charge in [-0.25, -0.2) is 9.97 Å². The molecule has 11 rings (SSSR count). The van der Waals surface area contributed by atoms with E-state index in [1.807, 2.05) is 54.6 Å². The number of fused-ring (bicyclic) bond motifs is 7. The van der Waals surface area contributed by atoms with Crippen LogP contribution < -0.4 is 0 Å². The van der Waals surface area contributed by atoms with Gasteiger partial charge in [-0.3, -0.25) is 0 Å². The summed E-state index contributed by atoms with van der Waals surface area (Å²) in [7, 11) is 0. The maximum Gasteiger partial charge on any atom is 0.227 e. The topological polar surface area (TPSA) is 52.1 Å². The predicted octanol–water partition coefficient (Wildman–Crippen LogP) is 13.8. The summed E-state index contributed by atoms with van der Waals surface area (Å²) in [5.74, 6) is 1.11. The number of para-hydroxylation sites is 4. The third kappa shape index (κ3) is 5.14. The maximum atomic E-state index is 6.26. The lowest BCUT2D eigenvalue weighted by Gasteiger charge is -2.23. The summed E-state index contributed by atoms with van der Waals surface area (Å²) < 4.78 is 12.5. The number of benzene rings is 8. The first kappa shape index (κ1) is 31.5. The van der Waals surface area contributed by atoms with E-state index in [0.29, 0.717) is 11.8 Å². The van der Waals surface area contributed by atoms with E-state index in [1.54, 1.807) is 0 Å². The van der Waals surface area contributed by atoms with E-state index in [0.717, 1.165) is 55.6 Å². The first-order chi connectivity index (χ1) is 27.0. The van der Waals surface area contributed by atoms with Crippen molar-refractivity contribution in [3.8, 4) is 67.4 Å². The minimum Gasteiger partial charge on any atom is -0.436 e. The zero-order valence-electron chi connectivity index (χ0n) is 30.4. The van der Waals surface area contributed by atoms with Gasteiger partial charge in [0.25, 0.3) is 0 Å². The highest BCUT2D eigenvalue weighted by atomic mass is 16.4. The van der Waals surface area contributed by atoms with Gasteiger partial charge in [0, 0.05) is 16.5 Å². The SMILES string of the molecule is CC1(C)c2cc(-c3cccc(-c4cccc(-c5cc(-c6nc7ccccc7o6)cc(-c6nc7ccccc7o6)c5)c4)c3)ccc2-c2ccc3ccccc3c21. The standard InChI is InChI=1S/C51H34N2O2/c1-51(2)43-30-36(22-23-41(43)42-24-21-31-11-3-4-16-40(31)48(42)51)34-14-9-12-32(25-34)33-13-10-15-35(26-33)37-27-38(49-52-44-17-5-7-19-46(44)54-49)29-39(28-37)50-53-45-18-6-8-20-47(45)55-50/h3-30H,1-2H3. The van der Waals surface area contributed by atoms with E-state index in [1.165, 1.54) is 44.2 Å². The highest BCUT2D eigenvalue weighted by molar-refractivity contribution is 5.98. The zero-order valence-corrected chi connectivity index (χ0v) is 30.4. The minimum atomic E-state index is -0.114. The molecule has 55 heavy (non-hydrogen) atoms. The van der Waals surface area contributed by atoms with E-state index >= 15 is 0 Å². The molecule has 8 aromatic carbocycles. The number of aromatic nitrogens is 2. The number of rotatable bonds is 5. The molecule has 260 valence electrons. The van der Waals surface area contributed by atoms with Gasteiger partial charge in [0.15, 0.2) is 11.2 Å². The number of hydrogen-bond donors (Lipinski definition) is 0. The van der Waals surface area contributed by atoms with E-state index in [-0.39, 0.29) is 5.41 Å². The number of hydrogen-bond acceptors (Lipinski definition) is 4. The summed E-state index contributed by atoms with van der Waals surface area (Å²) >= 11 is 0. The van der Waals surface area contributed by atoms with Crippen LogP contribution in [0.2, 0.25) is 0 Å². The van der Waals surface area contributed by atoms with E-state index in [9.17, 15) is 0 Å². The van der Waals surface area contributed by atoms with Crippen molar-refractivity contribution in [2.45, 2.75) is 19.3 Å². The largest absolute Gasteiger partial charge is 0.436 e. The van der Waals surface area contributed by atoms with Crippen molar-refractivity contribution in [1.82, 2.24) is 9.97 Å². The van der Waals surface area contributed by atoms with Crippen LogP contribution in [0.1, 0.15) is 25.0 Å². The fourth-order valence-corrected chi connectivity index (χ4v) is 8.57. The first-order valence-corrected chi connectivity index (χ1v) is 18.7. The molecule has 10 aromatic rings. The second-order valence-corrected chi connectivity index (χ2v) is 15.0. The van der Waals surface area contributed by atoms with Gasteiger partial charge in [-0.1, -0.05) is 123 Å². The van der Waals surface area contributed by atoms with Crippen molar-refractivity contribution in [1.29, 1.82) is 0 Å². The van der Waals surface area contributed by atoms with Gasteiger partial charge in [-0.05, 0) is 127 Å². The molecule has 1 aliphatic rings. The van der Waals surface area contributed by atoms with Crippen LogP contribution >= 0.6 is 0 Å². The molecule has 4 heteroatoms. The molecule has 0 N–H and O–H groups in total. The lowest BCUT2D eigenvalue weighted by molar-refractivity contribution is 0.617. The molecule has 0 saturated heterocycles. The van der Waals surface area contributed by atoms with Crippen LogP contribution in [0.3, 0.4) is 0 Å². The predicted molar refractivity (Wildman–Crippen MR) is 224 cm³/mol. The Morgan fingerprint density at radius 3 is 1.51 bits per heavy atom. The zero-order chi connectivity index (χ0) is 36.7. The van der Waals surface area contributed by atoms with Crippen molar-refractivity contribution in [2.24, 2.45) is 0 Å². The minimum absolute atomic E-state index is 0.114. The summed E-state index contributed by atoms with van der Waals surface area (Å²) in [6.07, 6.45) is 0. The monoisotopic (exact) mass is 706 g/mol. The molecular formula is C51H34N2O2. The van der Waals surface area contributed by atoms with Crippen molar-refractivity contribution in [3.63, 3.8) is 0 Å². The third-order valence-electron chi connectivity index (χ3n) is 11.3. The summed E-state index contributed by atoms with van der Waals surface area (Å²) in [4.78, 5) is 9.67. The average Bonchev–Trinajstić information content (AvgIpc) is 3.94. The van der Waals surface area contributed by atoms with Gasteiger partial charge in [-0.15, -0.1) is 0 Å². The highest BCUT2D eigenvalue weighted by Crippen LogP contribution is 2.52. The van der Waals surface area contributed by atoms with E-state index in [4.69, 9.17) is 18.8 Å². The summed E-state index contributed by atoms with van der Waals surface area (Å²) in [6, 6.07) is 59.9. The van der Waals surface area contributed by atoms with Crippen LogP contribution in [0, 0.1) is 0 Å². The second kappa shape index (κ2) is 12.0. The van der Waals surface area contributed by atoms with Crippen LogP contribution in [0.15, 0.2) is 179 Å². The van der Waals surface area contributed by atoms with Gasteiger partial charge in [-0.2, -0.15) is 0 Å². The molecule has 2 heterocycles. The molecule has 0 unspecified atom stereocenters. The van der Waals surface area contributed by atoms with Gasteiger partial charge >= 0.3 is 0 Å². The van der Waals surface area contributed by atoms with Crippen LogP contribution in [-0.4, -0.2) is 9.97 Å². The van der Waals surface area contributed by atoms with E-state index < -0.39 is 0 Å². The smallest absolute Gasteiger partial charge is 0.227 e. The lowest BCUT2D eigenvalue weighted by Crippen LogP contribution is -2.15. The number of nitrogens with zero attached hydrogens (tertiary/aromatic N) is 2.